The summed E-state index contributed by atoms with van der Waals surface area (Å²) in [7, 11) is 0. The average Bonchev–Trinajstić information content (AvgIpc) is 2.91. The molecular formula is C18H30N2. The van der Waals surface area contributed by atoms with Gasteiger partial charge in [0.1, 0.15) is 0 Å². The molecule has 2 nitrogen and oxygen atoms in total. The molecular weight excluding hydrogens is 244 g/mol. The van der Waals surface area contributed by atoms with Crippen molar-refractivity contribution in [2.24, 2.45) is 0 Å². The van der Waals surface area contributed by atoms with Gasteiger partial charge >= 0.3 is 0 Å². The number of hydrogen-bond acceptors (Lipinski definition) is 2. The summed E-state index contributed by atoms with van der Waals surface area (Å²) >= 11 is 0. The highest BCUT2D eigenvalue weighted by molar-refractivity contribution is 5.54. The van der Waals surface area contributed by atoms with Crippen molar-refractivity contribution in [1.29, 1.82) is 0 Å². The summed E-state index contributed by atoms with van der Waals surface area (Å²) in [6, 6.07) is 9.64. The van der Waals surface area contributed by atoms with E-state index in [-0.39, 0.29) is 5.54 Å². The Kier molecular flexibility index (Phi) is 5.09. The lowest BCUT2D eigenvalue weighted by Crippen LogP contribution is -2.37. The molecule has 20 heavy (non-hydrogen) atoms. The lowest BCUT2D eigenvalue weighted by Gasteiger charge is -2.32. The van der Waals surface area contributed by atoms with Gasteiger partial charge in [-0.3, -0.25) is 0 Å². The fourth-order valence-electron chi connectivity index (χ4n) is 3.14. The molecule has 2 rings (SSSR count). The van der Waals surface area contributed by atoms with Gasteiger partial charge in [-0.05, 0) is 52.2 Å². The van der Waals surface area contributed by atoms with Crippen molar-refractivity contribution >= 4 is 5.69 Å². The first-order valence-electron chi connectivity index (χ1n) is 8.11. The molecule has 1 aromatic rings. The standard InChI is InChI=1S/C18H30N2/c1-5-20(16-11-7-8-12-16)17-13-9-6-10-15(17)14-19-18(2,3)4/h6,9-10,13,16,19H,5,7-8,11-12,14H2,1-4H3. The number of para-hydroxylation sites is 1. The van der Waals surface area contributed by atoms with Gasteiger partial charge in [0.05, 0.1) is 0 Å². The lowest BCUT2D eigenvalue weighted by atomic mass is 10.1. The number of benzene rings is 1. The van der Waals surface area contributed by atoms with Gasteiger partial charge in [-0.2, -0.15) is 0 Å². The van der Waals surface area contributed by atoms with Crippen molar-refractivity contribution in [2.45, 2.75) is 71.5 Å². The van der Waals surface area contributed by atoms with Gasteiger partial charge in [-0.1, -0.05) is 31.0 Å². The molecule has 1 saturated carbocycles. The molecule has 0 aliphatic heterocycles. The maximum Gasteiger partial charge on any atom is 0.0414 e. The van der Waals surface area contributed by atoms with Crippen LogP contribution in [0.25, 0.3) is 0 Å². The summed E-state index contributed by atoms with van der Waals surface area (Å²) in [5.41, 5.74) is 3.02. The minimum atomic E-state index is 0.164. The predicted octanol–water partition coefficient (Wildman–Crippen LogP) is 4.34. The molecule has 1 fully saturated rings. The van der Waals surface area contributed by atoms with Crippen LogP contribution >= 0.6 is 0 Å². The van der Waals surface area contributed by atoms with Crippen molar-refractivity contribution in [1.82, 2.24) is 5.32 Å². The second-order valence-corrected chi connectivity index (χ2v) is 6.96. The Bertz CT molecular complexity index is 414. The van der Waals surface area contributed by atoms with Crippen LogP contribution in [-0.2, 0) is 6.54 Å². The van der Waals surface area contributed by atoms with E-state index in [9.17, 15) is 0 Å². The van der Waals surface area contributed by atoms with E-state index in [4.69, 9.17) is 0 Å². The van der Waals surface area contributed by atoms with Crippen molar-refractivity contribution in [3.05, 3.63) is 29.8 Å². The molecule has 1 aliphatic carbocycles. The zero-order chi connectivity index (χ0) is 14.6. The Hall–Kier alpha value is -1.02. The molecule has 1 N–H and O–H groups in total. The third kappa shape index (κ3) is 3.99. The van der Waals surface area contributed by atoms with Crippen LogP contribution in [0.3, 0.4) is 0 Å². The second kappa shape index (κ2) is 6.62. The Labute approximate surface area is 124 Å². The van der Waals surface area contributed by atoms with Crippen LogP contribution in [0.2, 0.25) is 0 Å². The van der Waals surface area contributed by atoms with E-state index in [1.807, 2.05) is 0 Å². The Morgan fingerprint density at radius 2 is 1.80 bits per heavy atom. The molecule has 2 heteroatoms. The van der Waals surface area contributed by atoms with Gasteiger partial charge in [0, 0.05) is 30.4 Å². The summed E-state index contributed by atoms with van der Waals surface area (Å²) < 4.78 is 0. The van der Waals surface area contributed by atoms with Crippen LogP contribution < -0.4 is 10.2 Å². The van der Waals surface area contributed by atoms with Crippen LogP contribution in [0.15, 0.2) is 24.3 Å². The topological polar surface area (TPSA) is 15.3 Å². The highest BCUT2D eigenvalue weighted by atomic mass is 15.2. The fourth-order valence-corrected chi connectivity index (χ4v) is 3.14. The maximum absolute atomic E-state index is 3.62. The van der Waals surface area contributed by atoms with E-state index >= 15 is 0 Å². The molecule has 0 atom stereocenters. The molecule has 0 bridgehead atoms. The molecule has 0 spiro atoms. The number of anilines is 1. The summed E-state index contributed by atoms with van der Waals surface area (Å²) in [4.78, 5) is 2.62. The zero-order valence-electron chi connectivity index (χ0n) is 13.6. The van der Waals surface area contributed by atoms with Gasteiger partial charge in [0.2, 0.25) is 0 Å². The Morgan fingerprint density at radius 3 is 2.40 bits per heavy atom. The summed E-state index contributed by atoms with van der Waals surface area (Å²) in [5.74, 6) is 0. The Morgan fingerprint density at radius 1 is 1.15 bits per heavy atom. The maximum atomic E-state index is 3.62. The molecule has 0 radical (unpaired) electrons. The molecule has 112 valence electrons. The number of rotatable bonds is 5. The summed E-state index contributed by atoms with van der Waals surface area (Å²) in [5, 5.41) is 3.62. The molecule has 1 aliphatic rings. The molecule has 1 aromatic carbocycles. The lowest BCUT2D eigenvalue weighted by molar-refractivity contribution is 0.424. The third-order valence-corrected chi connectivity index (χ3v) is 4.22. The van der Waals surface area contributed by atoms with E-state index < -0.39 is 0 Å². The van der Waals surface area contributed by atoms with Crippen LogP contribution in [0.5, 0.6) is 0 Å². The largest absolute Gasteiger partial charge is 0.369 e. The average molecular weight is 274 g/mol. The number of nitrogens with one attached hydrogen (secondary N) is 1. The monoisotopic (exact) mass is 274 g/mol. The first-order chi connectivity index (χ1) is 9.51. The van der Waals surface area contributed by atoms with E-state index in [0.29, 0.717) is 0 Å². The van der Waals surface area contributed by atoms with Gasteiger partial charge in [0.25, 0.3) is 0 Å². The fraction of sp³-hybridized carbons (Fsp3) is 0.667. The van der Waals surface area contributed by atoms with E-state index in [1.54, 1.807) is 0 Å². The van der Waals surface area contributed by atoms with Crippen molar-refractivity contribution in [2.75, 3.05) is 11.4 Å². The highest BCUT2D eigenvalue weighted by Crippen LogP contribution is 2.30. The van der Waals surface area contributed by atoms with E-state index in [1.165, 1.54) is 36.9 Å². The van der Waals surface area contributed by atoms with Gasteiger partial charge in [-0.15, -0.1) is 0 Å². The first-order valence-corrected chi connectivity index (χ1v) is 8.11. The van der Waals surface area contributed by atoms with E-state index in [0.717, 1.165) is 19.1 Å². The van der Waals surface area contributed by atoms with Crippen molar-refractivity contribution in [3.8, 4) is 0 Å². The summed E-state index contributed by atoms with van der Waals surface area (Å²) in [6.07, 6.45) is 5.50. The van der Waals surface area contributed by atoms with Crippen LogP contribution in [0.1, 0.15) is 58.9 Å². The van der Waals surface area contributed by atoms with E-state index in [2.05, 4.69) is 62.2 Å². The number of nitrogens with zero attached hydrogens (tertiary/aromatic N) is 1. The normalized spacial score (nSPS) is 16.6. The van der Waals surface area contributed by atoms with Crippen LogP contribution in [0, 0.1) is 0 Å². The van der Waals surface area contributed by atoms with Crippen LogP contribution in [0.4, 0.5) is 5.69 Å². The molecule has 0 unspecified atom stereocenters. The van der Waals surface area contributed by atoms with Crippen LogP contribution in [-0.4, -0.2) is 18.1 Å². The van der Waals surface area contributed by atoms with Gasteiger partial charge in [-0.25, -0.2) is 0 Å². The number of hydrogen-bond donors (Lipinski definition) is 1. The molecule has 0 heterocycles. The predicted molar refractivity (Wildman–Crippen MR) is 88.3 cm³/mol. The van der Waals surface area contributed by atoms with Crippen molar-refractivity contribution in [3.63, 3.8) is 0 Å². The molecule has 0 saturated heterocycles. The Balaban J connectivity index is 2.16. The molecule has 0 aromatic heterocycles. The third-order valence-electron chi connectivity index (χ3n) is 4.22. The minimum Gasteiger partial charge on any atom is -0.369 e. The smallest absolute Gasteiger partial charge is 0.0414 e. The van der Waals surface area contributed by atoms with Gasteiger partial charge < -0.3 is 10.2 Å². The second-order valence-electron chi connectivity index (χ2n) is 6.96. The minimum absolute atomic E-state index is 0.164. The molecule has 0 amide bonds. The highest BCUT2D eigenvalue weighted by Gasteiger charge is 2.23. The SMILES string of the molecule is CCN(c1ccccc1CNC(C)(C)C)C1CCCC1. The van der Waals surface area contributed by atoms with Gasteiger partial charge in [0.15, 0.2) is 0 Å². The zero-order valence-corrected chi connectivity index (χ0v) is 13.6. The quantitative estimate of drug-likeness (QED) is 0.859. The first kappa shape index (κ1) is 15.4. The van der Waals surface area contributed by atoms with Crippen molar-refractivity contribution < 1.29 is 0 Å². The summed E-state index contributed by atoms with van der Waals surface area (Å²) in [6.45, 7) is 11.0.